The van der Waals surface area contributed by atoms with E-state index in [4.69, 9.17) is 0 Å². The van der Waals surface area contributed by atoms with Gasteiger partial charge in [0.2, 0.25) is 0 Å². The maximum Gasteiger partial charge on any atom is 0.00682 e. The van der Waals surface area contributed by atoms with E-state index in [2.05, 4.69) is 19.2 Å². The summed E-state index contributed by atoms with van der Waals surface area (Å²) in [5.41, 5.74) is 0. The molecule has 1 aliphatic carbocycles. The highest BCUT2D eigenvalue weighted by atomic mass is 14.9. The second kappa shape index (κ2) is 5.58. The lowest BCUT2D eigenvalue weighted by molar-refractivity contribution is 0.458. The molecule has 0 aliphatic heterocycles. The lowest BCUT2D eigenvalue weighted by Crippen LogP contribution is -2.17. The summed E-state index contributed by atoms with van der Waals surface area (Å²) in [6, 6.07) is 0.895. The highest BCUT2D eigenvalue weighted by molar-refractivity contribution is 4.80. The lowest BCUT2D eigenvalue weighted by atomic mass is 10.0. The van der Waals surface area contributed by atoms with Crippen LogP contribution in [0.3, 0.4) is 0 Å². The van der Waals surface area contributed by atoms with E-state index in [1.807, 2.05) is 0 Å². The first kappa shape index (κ1) is 10.0. The third-order valence-corrected chi connectivity index (χ3v) is 2.67. The van der Waals surface area contributed by atoms with Gasteiger partial charge in [-0.3, -0.25) is 0 Å². The zero-order chi connectivity index (χ0) is 8.81. The maximum absolute atomic E-state index is 3.55. The van der Waals surface area contributed by atoms with Crippen LogP contribution >= 0.6 is 0 Å². The second-order valence-electron chi connectivity index (χ2n) is 4.26. The normalized spacial score (nSPS) is 19.5. The van der Waals surface area contributed by atoms with Crippen LogP contribution in [-0.2, 0) is 0 Å². The first-order valence-electron chi connectivity index (χ1n) is 5.56. The molecule has 1 fully saturated rings. The molecular formula is C11H23N. The summed E-state index contributed by atoms with van der Waals surface area (Å²) in [5, 5.41) is 3.55. The molecule has 1 atom stereocenters. The van der Waals surface area contributed by atoms with E-state index in [1.165, 1.54) is 45.1 Å². The molecule has 0 bridgehead atoms. The Kier molecular flexibility index (Phi) is 4.67. The molecule has 1 nitrogen and oxygen atoms in total. The van der Waals surface area contributed by atoms with Gasteiger partial charge in [0.15, 0.2) is 0 Å². The summed E-state index contributed by atoms with van der Waals surface area (Å²) in [7, 11) is 0. The average molecular weight is 169 g/mol. The Morgan fingerprint density at radius 3 is 2.67 bits per heavy atom. The first-order chi connectivity index (χ1) is 5.83. The van der Waals surface area contributed by atoms with Crippen molar-refractivity contribution in [1.29, 1.82) is 0 Å². The predicted octanol–water partition coefficient (Wildman–Crippen LogP) is 2.95. The van der Waals surface area contributed by atoms with Crippen LogP contribution in [-0.4, -0.2) is 12.6 Å². The first-order valence-corrected chi connectivity index (χ1v) is 5.56. The van der Waals surface area contributed by atoms with E-state index in [1.54, 1.807) is 0 Å². The molecule has 1 aliphatic rings. The third-order valence-electron chi connectivity index (χ3n) is 2.67. The van der Waals surface area contributed by atoms with Crippen molar-refractivity contribution < 1.29 is 0 Å². The highest BCUT2D eigenvalue weighted by Crippen LogP contribution is 2.19. The Balaban J connectivity index is 1.80. The van der Waals surface area contributed by atoms with E-state index in [-0.39, 0.29) is 0 Å². The summed E-state index contributed by atoms with van der Waals surface area (Å²) < 4.78 is 0. The molecule has 1 N–H and O–H groups in total. The van der Waals surface area contributed by atoms with Gasteiger partial charge >= 0.3 is 0 Å². The molecule has 0 saturated heterocycles. The molecule has 0 spiro atoms. The van der Waals surface area contributed by atoms with Gasteiger partial charge < -0.3 is 5.32 Å². The summed E-state index contributed by atoms with van der Waals surface area (Å²) >= 11 is 0. The van der Waals surface area contributed by atoms with Crippen LogP contribution in [0, 0.1) is 5.92 Å². The van der Waals surface area contributed by atoms with Crippen LogP contribution < -0.4 is 5.32 Å². The molecule has 0 aromatic carbocycles. The summed E-state index contributed by atoms with van der Waals surface area (Å²) in [6.45, 7) is 5.90. The maximum atomic E-state index is 3.55. The quantitative estimate of drug-likeness (QED) is 0.578. The molecule has 12 heavy (non-hydrogen) atoms. The molecule has 0 aromatic heterocycles. The van der Waals surface area contributed by atoms with Gasteiger partial charge in [0, 0.05) is 6.04 Å². The van der Waals surface area contributed by atoms with E-state index in [9.17, 15) is 0 Å². The topological polar surface area (TPSA) is 12.0 Å². The van der Waals surface area contributed by atoms with Gasteiger partial charge in [0.25, 0.3) is 0 Å². The SMILES string of the molecule is CCCC(C)CCCNC1CC1. The Bertz CT molecular complexity index is 108. The van der Waals surface area contributed by atoms with Crippen LogP contribution in [0.15, 0.2) is 0 Å². The molecule has 0 heterocycles. The zero-order valence-electron chi connectivity index (χ0n) is 8.60. The number of rotatable bonds is 7. The van der Waals surface area contributed by atoms with E-state index < -0.39 is 0 Å². The molecule has 1 saturated carbocycles. The molecule has 0 aromatic rings. The minimum atomic E-state index is 0.895. The Morgan fingerprint density at radius 1 is 1.33 bits per heavy atom. The largest absolute Gasteiger partial charge is 0.314 e. The van der Waals surface area contributed by atoms with Crippen molar-refractivity contribution >= 4 is 0 Å². The molecular weight excluding hydrogens is 146 g/mol. The van der Waals surface area contributed by atoms with Gasteiger partial charge in [-0.1, -0.05) is 26.7 Å². The summed E-state index contributed by atoms with van der Waals surface area (Å²) in [4.78, 5) is 0. The minimum Gasteiger partial charge on any atom is -0.314 e. The fraction of sp³-hybridized carbons (Fsp3) is 1.00. The van der Waals surface area contributed by atoms with Crippen LogP contribution in [0.1, 0.15) is 52.4 Å². The van der Waals surface area contributed by atoms with Crippen molar-refractivity contribution in [3.8, 4) is 0 Å². The molecule has 1 unspecified atom stereocenters. The van der Waals surface area contributed by atoms with Crippen molar-refractivity contribution in [2.24, 2.45) is 5.92 Å². The lowest BCUT2D eigenvalue weighted by Gasteiger charge is -2.09. The van der Waals surface area contributed by atoms with Crippen molar-refractivity contribution in [3.05, 3.63) is 0 Å². The minimum absolute atomic E-state index is 0.895. The predicted molar refractivity (Wildman–Crippen MR) is 54.3 cm³/mol. The van der Waals surface area contributed by atoms with Gasteiger partial charge in [-0.2, -0.15) is 0 Å². The number of hydrogen-bond donors (Lipinski definition) is 1. The monoisotopic (exact) mass is 169 g/mol. The van der Waals surface area contributed by atoms with Crippen LogP contribution in [0.25, 0.3) is 0 Å². The van der Waals surface area contributed by atoms with Crippen LogP contribution in [0.4, 0.5) is 0 Å². The fourth-order valence-electron chi connectivity index (χ4n) is 1.68. The van der Waals surface area contributed by atoms with E-state index in [0.29, 0.717) is 0 Å². The van der Waals surface area contributed by atoms with Gasteiger partial charge in [-0.05, 0) is 38.1 Å². The molecule has 1 heteroatoms. The average Bonchev–Trinajstić information content (AvgIpc) is 2.82. The van der Waals surface area contributed by atoms with Gasteiger partial charge in [0.05, 0.1) is 0 Å². The molecule has 72 valence electrons. The van der Waals surface area contributed by atoms with Crippen LogP contribution in [0.5, 0.6) is 0 Å². The summed E-state index contributed by atoms with van der Waals surface area (Å²) in [5.74, 6) is 0.941. The summed E-state index contributed by atoms with van der Waals surface area (Å²) in [6.07, 6.45) is 8.38. The smallest absolute Gasteiger partial charge is 0.00682 e. The van der Waals surface area contributed by atoms with E-state index >= 15 is 0 Å². The molecule has 0 amide bonds. The van der Waals surface area contributed by atoms with Crippen molar-refractivity contribution in [2.45, 2.75) is 58.4 Å². The zero-order valence-corrected chi connectivity index (χ0v) is 8.60. The second-order valence-corrected chi connectivity index (χ2v) is 4.26. The fourth-order valence-corrected chi connectivity index (χ4v) is 1.68. The van der Waals surface area contributed by atoms with Crippen molar-refractivity contribution in [1.82, 2.24) is 5.32 Å². The van der Waals surface area contributed by atoms with E-state index in [0.717, 1.165) is 12.0 Å². The van der Waals surface area contributed by atoms with Crippen molar-refractivity contribution in [3.63, 3.8) is 0 Å². The Hall–Kier alpha value is -0.0400. The Morgan fingerprint density at radius 2 is 2.08 bits per heavy atom. The van der Waals surface area contributed by atoms with Crippen LogP contribution in [0.2, 0.25) is 0 Å². The van der Waals surface area contributed by atoms with Gasteiger partial charge in [0.1, 0.15) is 0 Å². The number of nitrogens with one attached hydrogen (secondary N) is 1. The molecule has 1 rings (SSSR count). The standard InChI is InChI=1S/C11H23N/c1-3-5-10(2)6-4-9-12-11-7-8-11/h10-12H,3-9H2,1-2H3. The highest BCUT2D eigenvalue weighted by Gasteiger charge is 2.19. The third kappa shape index (κ3) is 4.76. The molecule has 0 radical (unpaired) electrons. The van der Waals surface area contributed by atoms with Crippen molar-refractivity contribution in [2.75, 3.05) is 6.54 Å². The van der Waals surface area contributed by atoms with Gasteiger partial charge in [-0.15, -0.1) is 0 Å². The van der Waals surface area contributed by atoms with Gasteiger partial charge in [-0.25, -0.2) is 0 Å². The Labute approximate surface area is 76.9 Å². The number of hydrogen-bond acceptors (Lipinski definition) is 1.